The molecule has 0 unspecified atom stereocenters. The second kappa shape index (κ2) is 9.86. The lowest BCUT2D eigenvalue weighted by atomic mass is 10.1. The summed E-state index contributed by atoms with van der Waals surface area (Å²) in [7, 11) is 0. The highest BCUT2D eigenvalue weighted by Crippen LogP contribution is 2.33. The van der Waals surface area contributed by atoms with Crippen LogP contribution in [0.15, 0.2) is 84.1 Å². The van der Waals surface area contributed by atoms with Crippen molar-refractivity contribution in [1.82, 2.24) is 9.97 Å². The minimum Gasteiger partial charge on any atom is -0.494 e. The first kappa shape index (κ1) is 21.9. The first-order valence-electron chi connectivity index (χ1n) is 10.5. The average Bonchev–Trinajstić information content (AvgIpc) is 3.33. The molecule has 4 N–H and O–H groups in total. The molecule has 33 heavy (non-hydrogen) atoms. The number of anilines is 2. The zero-order valence-electron chi connectivity index (χ0n) is 18.1. The number of oxime groups is 1. The van der Waals surface area contributed by atoms with Gasteiger partial charge in [0.2, 0.25) is 0 Å². The summed E-state index contributed by atoms with van der Waals surface area (Å²) in [6.45, 7) is 2.63. The lowest BCUT2D eigenvalue weighted by Crippen LogP contribution is -2.19. The van der Waals surface area contributed by atoms with Gasteiger partial charge < -0.3 is 25.6 Å². The highest BCUT2D eigenvalue weighted by atomic mass is 19.1. The van der Waals surface area contributed by atoms with Crippen LogP contribution < -0.4 is 15.4 Å². The van der Waals surface area contributed by atoms with Gasteiger partial charge in [0, 0.05) is 17.3 Å². The fraction of sp³-hybridized carbons (Fsp3) is 0.120. The smallest absolute Gasteiger partial charge is 0.170 e. The summed E-state index contributed by atoms with van der Waals surface area (Å²) in [5.41, 5.74) is 9.16. The molecule has 0 atom stereocenters. The second-order valence-electron chi connectivity index (χ2n) is 7.27. The fourth-order valence-electron chi connectivity index (χ4n) is 3.50. The Morgan fingerprint density at radius 3 is 2.58 bits per heavy atom. The first-order chi connectivity index (χ1) is 16.1. The molecule has 1 aromatic heterocycles. The molecule has 4 rings (SSSR count). The Labute approximate surface area is 191 Å². The third kappa shape index (κ3) is 4.95. The van der Waals surface area contributed by atoms with Gasteiger partial charge in [0.15, 0.2) is 5.84 Å². The van der Waals surface area contributed by atoms with Crippen LogP contribution in [-0.4, -0.2) is 27.6 Å². The molecule has 0 saturated heterocycles. The van der Waals surface area contributed by atoms with E-state index in [1.54, 1.807) is 47.5 Å². The van der Waals surface area contributed by atoms with E-state index in [-0.39, 0.29) is 12.4 Å². The normalized spacial score (nSPS) is 11.4. The van der Waals surface area contributed by atoms with Gasteiger partial charge in [-0.25, -0.2) is 9.37 Å². The number of nitrogens with one attached hydrogen (secondary N) is 1. The summed E-state index contributed by atoms with van der Waals surface area (Å²) in [6, 6.07) is 21.5. The van der Waals surface area contributed by atoms with Crippen LogP contribution in [0.25, 0.3) is 11.3 Å². The molecular formula is C25H24FN5O2. The molecule has 0 fully saturated rings. The van der Waals surface area contributed by atoms with Crippen LogP contribution in [0.5, 0.6) is 5.75 Å². The zero-order chi connectivity index (χ0) is 23.2. The number of aromatic amines is 1. The van der Waals surface area contributed by atoms with Crippen molar-refractivity contribution in [2.75, 3.05) is 11.5 Å². The number of rotatable bonds is 8. The molecule has 168 valence electrons. The summed E-state index contributed by atoms with van der Waals surface area (Å²) < 4.78 is 20.6. The van der Waals surface area contributed by atoms with E-state index >= 15 is 0 Å². The van der Waals surface area contributed by atoms with Gasteiger partial charge in [-0.05, 0) is 48.9 Å². The van der Waals surface area contributed by atoms with Crippen LogP contribution in [0.1, 0.15) is 18.3 Å². The second-order valence-corrected chi connectivity index (χ2v) is 7.27. The number of hydrogen-bond donors (Lipinski definition) is 3. The van der Waals surface area contributed by atoms with Crippen LogP contribution in [0.4, 0.5) is 15.8 Å². The van der Waals surface area contributed by atoms with Crippen molar-refractivity contribution in [2.24, 2.45) is 10.9 Å². The van der Waals surface area contributed by atoms with Gasteiger partial charge in [0.05, 0.1) is 30.7 Å². The van der Waals surface area contributed by atoms with Crippen LogP contribution in [-0.2, 0) is 6.54 Å². The molecule has 0 aliphatic rings. The lowest BCUT2D eigenvalue weighted by Gasteiger charge is -2.25. The number of nitrogens with two attached hydrogens (primary N) is 1. The number of benzene rings is 3. The number of amidine groups is 1. The van der Waals surface area contributed by atoms with Crippen molar-refractivity contribution < 1.29 is 14.3 Å². The van der Waals surface area contributed by atoms with Crippen LogP contribution >= 0.6 is 0 Å². The van der Waals surface area contributed by atoms with Gasteiger partial charge in [-0.3, -0.25) is 0 Å². The summed E-state index contributed by atoms with van der Waals surface area (Å²) in [5, 5.41) is 12.0. The van der Waals surface area contributed by atoms with E-state index in [0.717, 1.165) is 11.3 Å². The van der Waals surface area contributed by atoms with Crippen molar-refractivity contribution in [2.45, 2.75) is 13.5 Å². The average molecular weight is 445 g/mol. The molecule has 4 aromatic rings. The van der Waals surface area contributed by atoms with Crippen LogP contribution in [0.2, 0.25) is 0 Å². The highest BCUT2D eigenvalue weighted by molar-refractivity contribution is 5.97. The fourth-order valence-corrected chi connectivity index (χ4v) is 3.50. The van der Waals surface area contributed by atoms with Crippen molar-refractivity contribution in [3.05, 3.63) is 96.2 Å². The topological polar surface area (TPSA) is 99.8 Å². The predicted molar refractivity (Wildman–Crippen MR) is 126 cm³/mol. The van der Waals surface area contributed by atoms with Gasteiger partial charge in [-0.2, -0.15) is 0 Å². The SMILES string of the molecule is CCOc1ccc(F)c(N(Cc2ncc(-c3ccccc3)[nH]2)c2ccc(/C(N)=N\O)cc2)c1. The van der Waals surface area contributed by atoms with Gasteiger partial charge in [-0.1, -0.05) is 35.5 Å². The van der Waals surface area contributed by atoms with E-state index < -0.39 is 5.82 Å². The maximum absolute atomic E-state index is 15.0. The molecule has 3 aromatic carbocycles. The Morgan fingerprint density at radius 1 is 1.12 bits per heavy atom. The molecule has 8 heteroatoms. The van der Waals surface area contributed by atoms with Gasteiger partial charge in [0.1, 0.15) is 17.4 Å². The molecule has 0 amide bonds. The van der Waals surface area contributed by atoms with E-state index in [4.69, 9.17) is 15.7 Å². The Bertz CT molecular complexity index is 1240. The number of imidazole rings is 1. The lowest BCUT2D eigenvalue weighted by molar-refractivity contribution is 0.318. The van der Waals surface area contributed by atoms with Crippen molar-refractivity contribution in [3.8, 4) is 17.0 Å². The maximum atomic E-state index is 15.0. The zero-order valence-corrected chi connectivity index (χ0v) is 18.1. The molecule has 7 nitrogen and oxygen atoms in total. The summed E-state index contributed by atoms with van der Waals surface area (Å²) >= 11 is 0. The van der Waals surface area contributed by atoms with E-state index in [2.05, 4.69) is 15.1 Å². The number of halogens is 1. The molecular weight excluding hydrogens is 421 g/mol. The summed E-state index contributed by atoms with van der Waals surface area (Å²) in [6.07, 6.45) is 1.76. The van der Waals surface area contributed by atoms with Crippen LogP contribution in [0, 0.1) is 5.82 Å². The van der Waals surface area contributed by atoms with E-state index in [9.17, 15) is 4.39 Å². The molecule has 0 radical (unpaired) electrons. The van der Waals surface area contributed by atoms with Crippen molar-refractivity contribution in [3.63, 3.8) is 0 Å². The molecule has 0 saturated carbocycles. The number of aromatic nitrogens is 2. The summed E-state index contributed by atoms with van der Waals surface area (Å²) in [5.74, 6) is 0.831. The summed E-state index contributed by atoms with van der Waals surface area (Å²) in [4.78, 5) is 9.62. The van der Waals surface area contributed by atoms with Gasteiger partial charge in [-0.15, -0.1) is 0 Å². The molecule has 1 heterocycles. The quantitative estimate of drug-likeness (QED) is 0.153. The highest BCUT2D eigenvalue weighted by Gasteiger charge is 2.18. The number of ether oxygens (including phenoxy) is 1. The molecule has 0 aliphatic heterocycles. The largest absolute Gasteiger partial charge is 0.494 e. The predicted octanol–water partition coefficient (Wildman–Crippen LogP) is 5.05. The molecule has 0 spiro atoms. The maximum Gasteiger partial charge on any atom is 0.170 e. The third-order valence-electron chi connectivity index (χ3n) is 5.12. The Hall–Kier alpha value is -4.33. The Balaban J connectivity index is 1.72. The number of hydrogen-bond acceptors (Lipinski definition) is 5. The van der Waals surface area contributed by atoms with Crippen LogP contribution in [0.3, 0.4) is 0 Å². The minimum absolute atomic E-state index is 0.00355. The number of H-pyrrole nitrogens is 1. The third-order valence-corrected chi connectivity index (χ3v) is 5.12. The molecule has 0 bridgehead atoms. The van der Waals surface area contributed by atoms with Crippen molar-refractivity contribution in [1.29, 1.82) is 0 Å². The van der Waals surface area contributed by atoms with E-state index in [0.29, 0.717) is 35.1 Å². The standard InChI is InChI=1S/C25H24FN5O2/c1-2-33-20-12-13-21(26)23(14-20)31(19-10-8-18(9-11-19)25(27)30-32)16-24-28-15-22(29-24)17-6-4-3-5-7-17/h3-15,32H,2,16H2,1H3,(H2,27,30)(H,28,29). The van der Waals surface area contributed by atoms with E-state index in [1.165, 1.54) is 6.07 Å². The Kier molecular flexibility index (Phi) is 6.54. The van der Waals surface area contributed by atoms with Gasteiger partial charge in [0.25, 0.3) is 0 Å². The van der Waals surface area contributed by atoms with E-state index in [1.807, 2.05) is 37.3 Å². The number of nitrogens with zero attached hydrogens (tertiary/aromatic N) is 3. The minimum atomic E-state index is -0.395. The molecule has 0 aliphatic carbocycles. The monoisotopic (exact) mass is 445 g/mol. The Morgan fingerprint density at radius 2 is 1.88 bits per heavy atom. The van der Waals surface area contributed by atoms with Crippen molar-refractivity contribution >= 4 is 17.2 Å². The first-order valence-corrected chi connectivity index (χ1v) is 10.5. The van der Waals surface area contributed by atoms with Gasteiger partial charge >= 0.3 is 0 Å².